The number of anilines is 1. The summed E-state index contributed by atoms with van der Waals surface area (Å²) in [5.41, 5.74) is 2.07. The Bertz CT molecular complexity index is 1140. The number of carbonyl (C=O) groups excluding carboxylic acids is 2. The largest absolute Gasteiger partial charge is 0.462 e. The molecule has 7 heteroatoms. The van der Waals surface area contributed by atoms with Crippen molar-refractivity contribution in [2.45, 2.75) is 45.1 Å². The maximum atomic E-state index is 13.6. The van der Waals surface area contributed by atoms with E-state index in [4.69, 9.17) is 4.74 Å². The molecule has 0 aliphatic carbocycles. The molecule has 1 N–H and O–H groups in total. The molecule has 1 aliphatic rings. The highest BCUT2D eigenvalue weighted by Crippen LogP contribution is 2.37. The number of nitrogens with zero attached hydrogens (tertiary/aromatic N) is 3. The van der Waals surface area contributed by atoms with Crippen LogP contribution in [0.15, 0.2) is 73.1 Å². The van der Waals surface area contributed by atoms with Crippen LogP contribution in [0.3, 0.4) is 0 Å². The quantitative estimate of drug-likeness (QED) is 0.450. The smallest absolute Gasteiger partial charge is 0.341 e. The number of benzene rings is 2. The SMILES string of the molecule is CCOC(=O)c1cnc(NC2(c3ccccc3)CCN(C(=O)C(c3ccccc3)C(C)C)CC2)nc1. The zero-order chi connectivity index (χ0) is 25.5. The molecule has 36 heavy (non-hydrogen) atoms. The van der Waals surface area contributed by atoms with Gasteiger partial charge >= 0.3 is 5.97 Å². The van der Waals surface area contributed by atoms with Gasteiger partial charge in [-0.25, -0.2) is 14.8 Å². The fraction of sp³-hybridized carbons (Fsp3) is 0.379. The molecule has 0 spiro atoms. The van der Waals surface area contributed by atoms with Crippen molar-refractivity contribution < 1.29 is 14.3 Å². The van der Waals surface area contributed by atoms with Crippen molar-refractivity contribution in [2.75, 3.05) is 25.0 Å². The van der Waals surface area contributed by atoms with Crippen molar-refractivity contribution in [2.24, 2.45) is 5.92 Å². The van der Waals surface area contributed by atoms with Gasteiger partial charge in [-0.3, -0.25) is 4.79 Å². The summed E-state index contributed by atoms with van der Waals surface area (Å²) in [6, 6.07) is 20.3. The normalized spacial score (nSPS) is 15.8. The maximum absolute atomic E-state index is 13.6. The first-order chi connectivity index (χ1) is 17.4. The van der Waals surface area contributed by atoms with Gasteiger partial charge in [-0.15, -0.1) is 0 Å². The van der Waals surface area contributed by atoms with Gasteiger partial charge < -0.3 is 15.0 Å². The second-order valence-corrected chi connectivity index (χ2v) is 9.55. The Balaban J connectivity index is 1.54. The molecular weight excluding hydrogens is 452 g/mol. The Kier molecular flexibility index (Phi) is 7.98. The lowest BCUT2D eigenvalue weighted by Gasteiger charge is -2.44. The van der Waals surface area contributed by atoms with Crippen LogP contribution in [0, 0.1) is 5.92 Å². The van der Waals surface area contributed by atoms with Crippen LogP contribution in [-0.2, 0) is 15.1 Å². The number of hydrogen-bond donors (Lipinski definition) is 1. The fourth-order valence-electron chi connectivity index (χ4n) is 4.95. The second kappa shape index (κ2) is 11.3. The van der Waals surface area contributed by atoms with E-state index < -0.39 is 11.5 Å². The van der Waals surface area contributed by atoms with E-state index in [0.717, 1.165) is 11.1 Å². The topological polar surface area (TPSA) is 84.4 Å². The van der Waals surface area contributed by atoms with Gasteiger partial charge in [-0.2, -0.15) is 0 Å². The van der Waals surface area contributed by atoms with Crippen LogP contribution in [0.4, 0.5) is 5.95 Å². The van der Waals surface area contributed by atoms with E-state index in [9.17, 15) is 9.59 Å². The number of aromatic nitrogens is 2. The summed E-state index contributed by atoms with van der Waals surface area (Å²) < 4.78 is 5.03. The maximum Gasteiger partial charge on any atom is 0.341 e. The molecule has 4 rings (SSSR count). The molecular formula is C29H34N4O3. The Labute approximate surface area is 212 Å². The molecule has 1 atom stereocenters. The summed E-state index contributed by atoms with van der Waals surface area (Å²) in [6.07, 6.45) is 4.40. The number of hydrogen-bond acceptors (Lipinski definition) is 6. The summed E-state index contributed by atoms with van der Waals surface area (Å²) in [6.45, 7) is 7.51. The summed E-state index contributed by atoms with van der Waals surface area (Å²) in [5, 5.41) is 3.54. The molecule has 1 aromatic heterocycles. The zero-order valence-corrected chi connectivity index (χ0v) is 21.2. The molecule has 2 heterocycles. The Morgan fingerprint density at radius 1 is 0.972 bits per heavy atom. The zero-order valence-electron chi connectivity index (χ0n) is 21.2. The van der Waals surface area contributed by atoms with Crippen LogP contribution in [0.2, 0.25) is 0 Å². The first kappa shape index (κ1) is 25.4. The minimum Gasteiger partial charge on any atom is -0.462 e. The van der Waals surface area contributed by atoms with Gasteiger partial charge in [-0.05, 0) is 36.8 Å². The summed E-state index contributed by atoms with van der Waals surface area (Å²) in [5.74, 6) is 0.211. The van der Waals surface area contributed by atoms with E-state index in [1.54, 1.807) is 6.92 Å². The van der Waals surface area contributed by atoms with E-state index in [0.29, 0.717) is 44.0 Å². The monoisotopic (exact) mass is 486 g/mol. The molecule has 3 aromatic rings. The van der Waals surface area contributed by atoms with Crippen molar-refractivity contribution in [3.63, 3.8) is 0 Å². The summed E-state index contributed by atoms with van der Waals surface area (Å²) in [7, 11) is 0. The number of rotatable bonds is 8. The molecule has 1 fully saturated rings. The Morgan fingerprint density at radius 2 is 1.56 bits per heavy atom. The minimum absolute atomic E-state index is 0.165. The number of piperidine rings is 1. The van der Waals surface area contributed by atoms with E-state index in [2.05, 4.69) is 41.3 Å². The minimum atomic E-state index is -0.438. The number of esters is 1. The highest BCUT2D eigenvalue weighted by molar-refractivity contribution is 5.88. The molecule has 0 bridgehead atoms. The van der Waals surface area contributed by atoms with Crippen LogP contribution >= 0.6 is 0 Å². The first-order valence-electron chi connectivity index (χ1n) is 12.6. The molecule has 7 nitrogen and oxygen atoms in total. The predicted octanol–water partition coefficient (Wildman–Crippen LogP) is 5.02. The third-order valence-electron chi connectivity index (χ3n) is 6.86. The van der Waals surface area contributed by atoms with Gasteiger partial charge in [0.1, 0.15) is 0 Å². The number of likely N-dealkylation sites (tertiary alicyclic amines) is 1. The second-order valence-electron chi connectivity index (χ2n) is 9.55. The van der Waals surface area contributed by atoms with Crippen LogP contribution in [0.1, 0.15) is 61.0 Å². The van der Waals surface area contributed by atoms with Gasteiger partial charge in [0, 0.05) is 25.5 Å². The molecule has 1 amide bonds. The average Bonchev–Trinajstić information content (AvgIpc) is 2.90. The van der Waals surface area contributed by atoms with Crippen LogP contribution in [-0.4, -0.2) is 46.4 Å². The van der Waals surface area contributed by atoms with Crippen molar-refractivity contribution in [3.05, 3.63) is 89.7 Å². The summed E-state index contributed by atoms with van der Waals surface area (Å²) in [4.78, 5) is 36.4. The number of ether oxygens (including phenoxy) is 1. The van der Waals surface area contributed by atoms with E-state index >= 15 is 0 Å². The van der Waals surface area contributed by atoms with Crippen LogP contribution in [0.25, 0.3) is 0 Å². The van der Waals surface area contributed by atoms with Gasteiger partial charge in [0.05, 0.1) is 23.6 Å². The van der Waals surface area contributed by atoms with Crippen molar-refractivity contribution in [1.29, 1.82) is 0 Å². The van der Waals surface area contributed by atoms with E-state index in [-0.39, 0.29) is 17.7 Å². The number of amides is 1. The Hall–Kier alpha value is -3.74. The predicted molar refractivity (Wildman–Crippen MR) is 140 cm³/mol. The van der Waals surface area contributed by atoms with Gasteiger partial charge in [0.2, 0.25) is 11.9 Å². The van der Waals surface area contributed by atoms with E-state index in [1.807, 2.05) is 53.4 Å². The number of carbonyl (C=O) groups is 2. The number of nitrogens with one attached hydrogen (secondary N) is 1. The van der Waals surface area contributed by atoms with E-state index in [1.165, 1.54) is 12.4 Å². The van der Waals surface area contributed by atoms with Crippen molar-refractivity contribution >= 4 is 17.8 Å². The highest BCUT2D eigenvalue weighted by Gasteiger charge is 2.40. The molecule has 1 unspecified atom stereocenters. The molecule has 188 valence electrons. The van der Waals surface area contributed by atoms with Gasteiger partial charge in [0.25, 0.3) is 0 Å². The molecule has 2 aromatic carbocycles. The lowest BCUT2D eigenvalue weighted by atomic mass is 9.80. The van der Waals surface area contributed by atoms with Gasteiger partial charge in [0.15, 0.2) is 0 Å². The van der Waals surface area contributed by atoms with Crippen LogP contribution in [0.5, 0.6) is 0 Å². The molecule has 1 saturated heterocycles. The van der Waals surface area contributed by atoms with Gasteiger partial charge in [-0.1, -0.05) is 74.5 Å². The highest BCUT2D eigenvalue weighted by atomic mass is 16.5. The lowest BCUT2D eigenvalue weighted by Crippen LogP contribution is -2.50. The fourth-order valence-corrected chi connectivity index (χ4v) is 4.95. The lowest BCUT2D eigenvalue weighted by molar-refractivity contribution is -0.135. The first-order valence-corrected chi connectivity index (χ1v) is 12.6. The Morgan fingerprint density at radius 3 is 2.11 bits per heavy atom. The summed E-state index contributed by atoms with van der Waals surface area (Å²) >= 11 is 0. The van der Waals surface area contributed by atoms with Crippen molar-refractivity contribution in [3.8, 4) is 0 Å². The third-order valence-corrected chi connectivity index (χ3v) is 6.86. The molecule has 1 aliphatic heterocycles. The molecule has 0 saturated carbocycles. The van der Waals surface area contributed by atoms with Crippen LogP contribution < -0.4 is 5.32 Å². The standard InChI is InChI=1S/C29H34N4O3/c1-4-36-27(35)23-19-30-28(31-20-23)32-29(24-13-9-6-10-14-24)15-17-33(18-16-29)26(34)25(21(2)3)22-11-7-5-8-12-22/h5-14,19-21,25H,4,15-18H2,1-3H3,(H,30,31,32). The molecule has 0 radical (unpaired) electrons. The third kappa shape index (κ3) is 5.56. The average molecular weight is 487 g/mol. The van der Waals surface area contributed by atoms with Crippen molar-refractivity contribution in [1.82, 2.24) is 14.9 Å².